The molecule has 0 spiro atoms. The van der Waals surface area contributed by atoms with E-state index < -0.39 is 0 Å². The zero-order valence-corrected chi connectivity index (χ0v) is 13.7. The van der Waals surface area contributed by atoms with Gasteiger partial charge in [0.2, 0.25) is 0 Å². The fraction of sp³-hybridized carbons (Fsp3) is 0.412. The second kappa shape index (κ2) is 7.46. The fourth-order valence-corrected chi connectivity index (χ4v) is 2.92. The fourth-order valence-electron chi connectivity index (χ4n) is 2.03. The van der Waals surface area contributed by atoms with Crippen LogP contribution in [0, 0.1) is 6.92 Å². The lowest BCUT2D eigenvalue weighted by atomic mass is 10.2. The number of nitrogens with zero attached hydrogens (tertiary/aromatic N) is 2. The van der Waals surface area contributed by atoms with Gasteiger partial charge in [0.25, 0.3) is 0 Å². The van der Waals surface area contributed by atoms with Crippen LogP contribution in [-0.4, -0.2) is 21.3 Å². The van der Waals surface area contributed by atoms with Crippen LogP contribution >= 0.6 is 11.8 Å². The lowest BCUT2D eigenvalue weighted by Gasteiger charge is -2.08. The van der Waals surface area contributed by atoms with E-state index in [0.717, 1.165) is 12.1 Å². The number of carbonyl (C=O) groups excluding carboxylic acids is 1. The van der Waals surface area contributed by atoms with Crippen molar-refractivity contribution < 1.29 is 4.79 Å². The molecule has 0 saturated carbocycles. The van der Waals surface area contributed by atoms with Crippen molar-refractivity contribution in [2.45, 2.75) is 44.6 Å². The molecule has 2 rings (SSSR count). The lowest BCUT2D eigenvalue weighted by molar-refractivity contribution is -0.116. The van der Waals surface area contributed by atoms with E-state index in [1.165, 1.54) is 10.5 Å². The largest absolute Gasteiger partial charge is 0.298 e. The number of carbonyl (C=O) groups is 1. The highest BCUT2D eigenvalue weighted by Crippen LogP contribution is 2.22. The number of rotatable bonds is 7. The quantitative estimate of drug-likeness (QED) is 0.723. The van der Waals surface area contributed by atoms with Gasteiger partial charge in [0.15, 0.2) is 0 Å². The summed E-state index contributed by atoms with van der Waals surface area (Å²) >= 11 is 1.61. The second-order valence-corrected chi connectivity index (χ2v) is 6.33. The summed E-state index contributed by atoms with van der Waals surface area (Å²) in [6.07, 6.45) is 3.42. The average molecular weight is 302 g/mol. The van der Waals surface area contributed by atoms with E-state index in [1.54, 1.807) is 11.8 Å². The third-order valence-electron chi connectivity index (χ3n) is 3.57. The molecule has 3 nitrogen and oxygen atoms in total. The summed E-state index contributed by atoms with van der Waals surface area (Å²) in [6.45, 7) is 6.34. The number of benzene rings is 1. The smallest absolute Gasteiger partial charge is 0.149 e. The summed E-state index contributed by atoms with van der Waals surface area (Å²) in [7, 11) is 0. The van der Waals surface area contributed by atoms with Crippen LogP contribution in [0.5, 0.6) is 0 Å². The Morgan fingerprint density at radius 1 is 1.33 bits per heavy atom. The Hall–Kier alpha value is -1.55. The minimum Gasteiger partial charge on any atom is -0.298 e. The number of ketones is 1. The van der Waals surface area contributed by atoms with Crippen LogP contribution in [0.2, 0.25) is 0 Å². The van der Waals surface area contributed by atoms with Crippen LogP contribution in [0.1, 0.15) is 37.6 Å². The zero-order valence-electron chi connectivity index (χ0n) is 12.9. The molecule has 2 aromatic rings. The maximum absolute atomic E-state index is 12.1. The monoisotopic (exact) mass is 302 g/mol. The molecule has 21 heavy (non-hydrogen) atoms. The van der Waals surface area contributed by atoms with Gasteiger partial charge in [-0.15, -0.1) is 11.8 Å². The van der Waals surface area contributed by atoms with Gasteiger partial charge in [0.1, 0.15) is 5.78 Å². The van der Waals surface area contributed by atoms with Crippen LogP contribution in [0.3, 0.4) is 0 Å². The van der Waals surface area contributed by atoms with Crippen LogP contribution in [-0.2, 0) is 11.2 Å². The Morgan fingerprint density at radius 2 is 2.10 bits per heavy atom. The molecule has 0 aliphatic rings. The van der Waals surface area contributed by atoms with Crippen molar-refractivity contribution in [1.29, 1.82) is 0 Å². The summed E-state index contributed by atoms with van der Waals surface area (Å²) in [5, 5.41) is 4.48. The minimum atomic E-state index is 0.220. The van der Waals surface area contributed by atoms with E-state index in [-0.39, 0.29) is 5.78 Å². The van der Waals surface area contributed by atoms with Crippen LogP contribution in [0.15, 0.2) is 41.4 Å². The number of thioether (sulfide) groups is 1. The normalized spacial score (nSPS) is 12.3. The molecular formula is C17H22N2OS. The van der Waals surface area contributed by atoms with Gasteiger partial charge in [-0.25, -0.2) is 0 Å². The van der Waals surface area contributed by atoms with E-state index in [1.807, 2.05) is 29.1 Å². The number of aromatic nitrogens is 2. The van der Waals surface area contributed by atoms with Crippen LogP contribution < -0.4 is 0 Å². The topological polar surface area (TPSA) is 34.9 Å². The Morgan fingerprint density at radius 3 is 2.81 bits per heavy atom. The summed E-state index contributed by atoms with van der Waals surface area (Å²) in [5.41, 5.74) is 2.09. The van der Waals surface area contributed by atoms with Crippen molar-refractivity contribution in [3.8, 4) is 0 Å². The number of hydrogen-bond donors (Lipinski definition) is 0. The highest BCUT2D eigenvalue weighted by atomic mass is 32.2. The molecule has 1 aromatic carbocycles. The van der Waals surface area contributed by atoms with Gasteiger partial charge in [-0.2, -0.15) is 5.10 Å². The zero-order chi connectivity index (χ0) is 15.2. The third-order valence-corrected chi connectivity index (χ3v) is 4.80. The first-order valence-corrected chi connectivity index (χ1v) is 8.33. The van der Waals surface area contributed by atoms with Crippen molar-refractivity contribution in [2.75, 3.05) is 5.75 Å². The van der Waals surface area contributed by atoms with Gasteiger partial charge in [0, 0.05) is 17.1 Å². The molecule has 0 radical (unpaired) electrons. The van der Waals surface area contributed by atoms with Crippen molar-refractivity contribution in [3.63, 3.8) is 0 Å². The summed E-state index contributed by atoms with van der Waals surface area (Å²) in [4.78, 5) is 13.3. The molecule has 112 valence electrons. The molecule has 1 atom stereocenters. The average Bonchev–Trinajstić information content (AvgIpc) is 2.94. The Balaban J connectivity index is 1.87. The first kappa shape index (κ1) is 15.8. The van der Waals surface area contributed by atoms with Gasteiger partial charge < -0.3 is 0 Å². The molecule has 1 unspecified atom stereocenters. The molecule has 1 aromatic heterocycles. The first-order valence-electron chi connectivity index (χ1n) is 7.34. The molecule has 1 heterocycles. The molecule has 0 amide bonds. The Kier molecular flexibility index (Phi) is 5.62. The minimum absolute atomic E-state index is 0.220. The predicted molar refractivity (Wildman–Crippen MR) is 87.8 cm³/mol. The van der Waals surface area contributed by atoms with E-state index in [0.29, 0.717) is 18.2 Å². The highest BCUT2D eigenvalue weighted by Gasteiger charge is 2.10. The van der Waals surface area contributed by atoms with E-state index in [2.05, 4.69) is 38.0 Å². The van der Waals surface area contributed by atoms with Crippen molar-refractivity contribution in [2.24, 2.45) is 0 Å². The van der Waals surface area contributed by atoms with Crippen LogP contribution in [0.25, 0.3) is 0 Å². The van der Waals surface area contributed by atoms with Crippen molar-refractivity contribution in [3.05, 3.63) is 47.8 Å². The maximum atomic E-state index is 12.1. The van der Waals surface area contributed by atoms with Crippen molar-refractivity contribution >= 4 is 17.5 Å². The van der Waals surface area contributed by atoms with Gasteiger partial charge >= 0.3 is 0 Å². The molecule has 0 aliphatic carbocycles. The molecular weight excluding hydrogens is 280 g/mol. The summed E-state index contributed by atoms with van der Waals surface area (Å²) in [5.74, 6) is 0.721. The highest BCUT2D eigenvalue weighted by molar-refractivity contribution is 8.00. The van der Waals surface area contributed by atoms with Crippen LogP contribution in [0.4, 0.5) is 0 Å². The second-order valence-electron chi connectivity index (χ2n) is 5.31. The molecule has 0 saturated heterocycles. The molecule has 0 bridgehead atoms. The molecule has 0 N–H and O–H groups in total. The number of hydrogen-bond acceptors (Lipinski definition) is 3. The van der Waals surface area contributed by atoms with Gasteiger partial charge in [-0.3, -0.25) is 9.48 Å². The van der Waals surface area contributed by atoms with E-state index >= 15 is 0 Å². The molecule has 4 heteroatoms. The van der Waals surface area contributed by atoms with Gasteiger partial charge in [-0.1, -0.05) is 25.1 Å². The third kappa shape index (κ3) is 4.46. The number of aryl methyl sites for hydroxylation is 1. The number of Topliss-reactive ketones (excluding diaryl/α,β-unsaturated/α-hetero) is 1. The molecule has 0 aliphatic heterocycles. The lowest BCUT2D eigenvalue weighted by Crippen LogP contribution is -2.09. The summed E-state index contributed by atoms with van der Waals surface area (Å²) < 4.78 is 1.94. The first-order chi connectivity index (χ1) is 10.1. The molecule has 0 fully saturated rings. The van der Waals surface area contributed by atoms with Gasteiger partial charge in [-0.05, 0) is 38.0 Å². The Labute approximate surface area is 130 Å². The van der Waals surface area contributed by atoms with Crippen molar-refractivity contribution in [1.82, 2.24) is 9.78 Å². The van der Waals surface area contributed by atoms with Gasteiger partial charge in [0.05, 0.1) is 17.9 Å². The van der Waals surface area contributed by atoms with E-state index in [9.17, 15) is 4.79 Å². The predicted octanol–water partition coefficient (Wildman–Crippen LogP) is 4.07. The van der Waals surface area contributed by atoms with E-state index in [4.69, 9.17) is 0 Å². The SMILES string of the molecule is CCC(C)n1ccc(CC(=O)CSc2ccccc2C)n1. The Bertz CT molecular complexity index is 606. The maximum Gasteiger partial charge on any atom is 0.149 e. The standard InChI is InChI=1S/C17H22N2OS/c1-4-14(3)19-10-9-15(18-19)11-16(20)12-21-17-8-6-5-7-13(17)2/h5-10,14H,4,11-12H2,1-3H3. The summed E-state index contributed by atoms with van der Waals surface area (Å²) in [6, 6.07) is 10.5.